The Morgan fingerprint density at radius 3 is 1.88 bits per heavy atom. The molecule has 0 aromatic heterocycles. The smallest absolute Gasteiger partial charge is 0.0543 e. The third kappa shape index (κ3) is 6.01. The van der Waals surface area contributed by atoms with Crippen LogP contribution >= 0.6 is 0 Å². The molecule has 0 aliphatic heterocycles. The average molecular weight is 664 g/mol. The lowest BCUT2D eigenvalue weighted by Gasteiger charge is -2.32. The van der Waals surface area contributed by atoms with Gasteiger partial charge in [-0.05, 0) is 130 Å². The van der Waals surface area contributed by atoms with Gasteiger partial charge in [-0.25, -0.2) is 0 Å². The van der Waals surface area contributed by atoms with Crippen LogP contribution in [0.15, 0.2) is 133 Å². The molecule has 0 radical (unpaired) electrons. The van der Waals surface area contributed by atoms with E-state index in [1.807, 2.05) is 0 Å². The zero-order valence-corrected chi connectivity index (χ0v) is 30.3. The molecule has 4 bridgehead atoms. The van der Waals surface area contributed by atoms with E-state index in [4.69, 9.17) is 0 Å². The van der Waals surface area contributed by atoms with Crippen molar-refractivity contribution in [2.24, 2.45) is 0 Å². The fourth-order valence-electron chi connectivity index (χ4n) is 9.31. The molecule has 51 heavy (non-hydrogen) atoms. The number of nitrogens with zero attached hydrogens (tertiary/aromatic N) is 1. The van der Waals surface area contributed by atoms with Crippen molar-refractivity contribution in [2.45, 2.75) is 89.4 Å². The van der Waals surface area contributed by atoms with Crippen LogP contribution in [0.4, 0.5) is 17.1 Å². The summed E-state index contributed by atoms with van der Waals surface area (Å²) in [5, 5.41) is 0. The molecule has 6 aliphatic carbocycles. The van der Waals surface area contributed by atoms with Crippen LogP contribution in [0.3, 0.4) is 0 Å². The average Bonchev–Trinajstić information content (AvgIpc) is 3.33. The van der Waals surface area contributed by atoms with E-state index in [9.17, 15) is 0 Å². The Balaban J connectivity index is 1.27. The Hall–Kier alpha value is -4.88. The highest BCUT2D eigenvalue weighted by atomic mass is 15.1. The number of hydrogen-bond acceptors (Lipinski definition) is 1. The van der Waals surface area contributed by atoms with Crippen molar-refractivity contribution in [3.63, 3.8) is 0 Å². The highest BCUT2D eigenvalue weighted by Gasteiger charge is 2.37. The Morgan fingerprint density at radius 2 is 1.14 bits per heavy atom. The fourth-order valence-corrected chi connectivity index (χ4v) is 9.31. The van der Waals surface area contributed by atoms with Gasteiger partial charge in [-0.15, -0.1) is 0 Å². The predicted molar refractivity (Wildman–Crippen MR) is 216 cm³/mol. The quantitative estimate of drug-likeness (QED) is 0.166. The molecule has 0 N–H and O–H groups in total. The summed E-state index contributed by atoms with van der Waals surface area (Å²) in [4.78, 5) is 2.63. The van der Waals surface area contributed by atoms with Crippen molar-refractivity contribution < 1.29 is 0 Å². The summed E-state index contributed by atoms with van der Waals surface area (Å²) in [6.07, 6.45) is 12.2. The van der Waals surface area contributed by atoms with E-state index in [0.717, 1.165) is 25.7 Å². The first-order chi connectivity index (χ1) is 25.0. The summed E-state index contributed by atoms with van der Waals surface area (Å²) >= 11 is 0. The molecule has 0 heterocycles. The molecule has 1 fully saturated rings. The van der Waals surface area contributed by atoms with E-state index in [0.29, 0.717) is 5.92 Å². The van der Waals surface area contributed by atoms with Crippen molar-refractivity contribution >= 4 is 17.1 Å². The van der Waals surface area contributed by atoms with Crippen molar-refractivity contribution in [1.82, 2.24) is 0 Å². The van der Waals surface area contributed by atoms with E-state index >= 15 is 0 Å². The minimum atomic E-state index is -0.0988. The molecule has 1 nitrogen and oxygen atoms in total. The van der Waals surface area contributed by atoms with Crippen molar-refractivity contribution in [3.05, 3.63) is 172 Å². The van der Waals surface area contributed by atoms with Gasteiger partial charge < -0.3 is 4.90 Å². The van der Waals surface area contributed by atoms with E-state index < -0.39 is 0 Å². The summed E-state index contributed by atoms with van der Waals surface area (Å²) in [5.41, 5.74) is 18.9. The standard InChI is InChI=1S/C50H49N/c1-50(2)46-17-11-10-16-43(46)45-33-44(40-14-8-5-9-15-40)49(34-47(45)50)51(42-30-28-39(29-31-42)38-12-6-3-4-7-13-38)48-32-37-23-22-35-18-20-36(21-19-35)24-26-41(48)27-25-37/h5,8-11,14-21,25,27-34,38H,3-4,6-7,12-13,22-24,26H2,1-2H3. The second-order valence-corrected chi connectivity index (χ2v) is 15.8. The molecule has 6 aliphatic rings. The lowest BCUT2D eigenvalue weighted by Crippen LogP contribution is -2.18. The first-order valence-electron chi connectivity index (χ1n) is 19.5. The van der Waals surface area contributed by atoms with Gasteiger partial charge in [0.1, 0.15) is 0 Å². The largest absolute Gasteiger partial charge is 0.310 e. The number of benzene rings is 6. The number of aryl methyl sites for hydroxylation is 4. The Bertz CT molecular complexity index is 2160. The highest BCUT2D eigenvalue weighted by molar-refractivity contribution is 5.95. The van der Waals surface area contributed by atoms with Gasteiger partial charge in [0.2, 0.25) is 0 Å². The highest BCUT2D eigenvalue weighted by Crippen LogP contribution is 2.54. The third-order valence-electron chi connectivity index (χ3n) is 12.3. The summed E-state index contributed by atoms with van der Waals surface area (Å²) in [7, 11) is 0. The van der Waals surface area contributed by atoms with Crippen LogP contribution in [0.1, 0.15) is 97.2 Å². The van der Waals surface area contributed by atoms with Gasteiger partial charge in [0.05, 0.1) is 5.69 Å². The molecule has 6 aromatic rings. The molecular formula is C50H49N. The fraction of sp³-hybridized carbons (Fsp3) is 0.280. The zero-order valence-electron chi connectivity index (χ0n) is 30.3. The molecule has 6 aromatic carbocycles. The van der Waals surface area contributed by atoms with Crippen LogP contribution in [0, 0.1) is 0 Å². The van der Waals surface area contributed by atoms with Crippen molar-refractivity contribution in [3.8, 4) is 22.3 Å². The Kier molecular flexibility index (Phi) is 8.39. The van der Waals surface area contributed by atoms with Gasteiger partial charge in [-0.1, -0.05) is 143 Å². The van der Waals surface area contributed by atoms with E-state index in [1.165, 1.54) is 117 Å². The van der Waals surface area contributed by atoms with Gasteiger partial charge in [-0.2, -0.15) is 0 Å². The van der Waals surface area contributed by atoms with Gasteiger partial charge in [0.15, 0.2) is 0 Å². The molecule has 1 saturated carbocycles. The number of fused-ring (bicyclic) bond motifs is 3. The van der Waals surface area contributed by atoms with Crippen LogP contribution in [0.2, 0.25) is 0 Å². The van der Waals surface area contributed by atoms with Gasteiger partial charge >= 0.3 is 0 Å². The maximum atomic E-state index is 2.63. The molecule has 0 amide bonds. The molecule has 0 spiro atoms. The molecular weight excluding hydrogens is 615 g/mol. The summed E-state index contributed by atoms with van der Waals surface area (Å²) < 4.78 is 0. The molecule has 1 heteroatoms. The maximum absolute atomic E-state index is 2.63. The van der Waals surface area contributed by atoms with E-state index in [-0.39, 0.29) is 5.41 Å². The third-order valence-corrected chi connectivity index (χ3v) is 12.3. The first kappa shape index (κ1) is 32.1. The SMILES string of the molecule is CC1(C)c2ccccc2-c2cc(-c3ccccc3)c(N(c3ccc(C4CCCCCC4)cc3)c3cc4ccc3CCc3ccc(cc3)CC4)cc21. The topological polar surface area (TPSA) is 3.24 Å². The Labute approximate surface area is 305 Å². The number of rotatable bonds is 5. The second-order valence-electron chi connectivity index (χ2n) is 15.8. The van der Waals surface area contributed by atoms with Gasteiger partial charge in [-0.3, -0.25) is 0 Å². The normalized spacial score (nSPS) is 16.5. The Morgan fingerprint density at radius 1 is 0.490 bits per heavy atom. The minimum Gasteiger partial charge on any atom is -0.310 e. The molecule has 0 unspecified atom stereocenters. The zero-order chi connectivity index (χ0) is 34.4. The second kappa shape index (κ2) is 13.3. The monoisotopic (exact) mass is 663 g/mol. The molecule has 12 rings (SSSR count). The number of anilines is 3. The minimum absolute atomic E-state index is 0.0988. The van der Waals surface area contributed by atoms with Crippen molar-refractivity contribution in [1.29, 1.82) is 0 Å². The first-order valence-corrected chi connectivity index (χ1v) is 19.5. The van der Waals surface area contributed by atoms with Crippen molar-refractivity contribution in [2.75, 3.05) is 4.90 Å². The van der Waals surface area contributed by atoms with E-state index in [1.54, 1.807) is 0 Å². The number of hydrogen-bond donors (Lipinski definition) is 0. The summed E-state index contributed by atoms with van der Waals surface area (Å²) in [5.74, 6) is 0.671. The van der Waals surface area contributed by atoms with E-state index in [2.05, 4.69) is 152 Å². The lowest BCUT2D eigenvalue weighted by atomic mass is 9.81. The lowest BCUT2D eigenvalue weighted by molar-refractivity contribution is 0.592. The predicted octanol–water partition coefficient (Wildman–Crippen LogP) is 13.5. The van der Waals surface area contributed by atoms with Gasteiger partial charge in [0.25, 0.3) is 0 Å². The van der Waals surface area contributed by atoms with Crippen LogP contribution in [-0.2, 0) is 31.1 Å². The summed E-state index contributed by atoms with van der Waals surface area (Å²) in [6, 6.07) is 51.7. The van der Waals surface area contributed by atoms with Crippen LogP contribution in [0.5, 0.6) is 0 Å². The van der Waals surface area contributed by atoms with Crippen LogP contribution in [0.25, 0.3) is 22.3 Å². The summed E-state index contributed by atoms with van der Waals surface area (Å²) in [6.45, 7) is 4.82. The molecule has 0 atom stereocenters. The van der Waals surface area contributed by atoms with Crippen LogP contribution in [-0.4, -0.2) is 0 Å². The molecule has 254 valence electrons. The van der Waals surface area contributed by atoms with Gasteiger partial charge in [0, 0.05) is 22.4 Å². The van der Waals surface area contributed by atoms with Crippen LogP contribution < -0.4 is 4.90 Å². The maximum Gasteiger partial charge on any atom is 0.0543 e. The molecule has 0 saturated heterocycles.